The van der Waals surface area contributed by atoms with Crippen LogP contribution in [0.3, 0.4) is 0 Å². The lowest BCUT2D eigenvalue weighted by Crippen LogP contribution is -2.54. The van der Waals surface area contributed by atoms with Crippen LogP contribution >= 0.6 is 0 Å². The number of rotatable bonds is 6. The largest absolute Gasteiger partial charge is 0.336 e. The van der Waals surface area contributed by atoms with Gasteiger partial charge in [-0.25, -0.2) is 13.9 Å². The minimum atomic E-state index is -1.20. The van der Waals surface area contributed by atoms with E-state index >= 15 is 4.39 Å². The van der Waals surface area contributed by atoms with E-state index in [-0.39, 0.29) is 55.6 Å². The van der Waals surface area contributed by atoms with Crippen LogP contribution in [0.2, 0.25) is 0 Å². The number of H-pyrrole nitrogens is 1. The third kappa shape index (κ3) is 5.53. The standard InChI is InChI=1S/C34H28F2N6O6/c35-24-6-5-18(16-26-20-3-1-2-4-21(20)30(44)39-38-26)13-22(24)32(46)41-11-9-40(10-12-41)17-19-14-23-29(25(36)15-19)34(48)42(33(23)47)27-7-8-28(43)37-31(27)45/h1-6,13-15,27H,7-12,16-17H2,(H,39,44)(H,37,43,45). The summed E-state index contributed by atoms with van der Waals surface area (Å²) in [5.74, 6) is -5.02. The summed E-state index contributed by atoms with van der Waals surface area (Å²) in [7, 11) is 0. The summed E-state index contributed by atoms with van der Waals surface area (Å²) in [4.78, 5) is 79.8. The number of hydrogen-bond donors (Lipinski definition) is 2. The molecular weight excluding hydrogens is 626 g/mol. The molecule has 3 aromatic carbocycles. The van der Waals surface area contributed by atoms with Crippen molar-refractivity contribution in [1.82, 2.24) is 30.2 Å². The zero-order chi connectivity index (χ0) is 33.7. The van der Waals surface area contributed by atoms with E-state index in [0.717, 1.165) is 4.90 Å². The first kappa shape index (κ1) is 31.0. The molecule has 4 aromatic rings. The minimum Gasteiger partial charge on any atom is -0.336 e. The first-order chi connectivity index (χ1) is 23.1. The lowest BCUT2D eigenvalue weighted by Gasteiger charge is -2.35. The first-order valence-corrected chi connectivity index (χ1v) is 15.4. The summed E-state index contributed by atoms with van der Waals surface area (Å²) in [5, 5.41) is 9.92. The van der Waals surface area contributed by atoms with Crippen molar-refractivity contribution in [3.05, 3.63) is 110 Å². The number of benzene rings is 3. The second-order valence-electron chi connectivity index (χ2n) is 12.1. The Hall–Kier alpha value is -5.63. The molecule has 244 valence electrons. The molecule has 2 fully saturated rings. The maximum absolute atomic E-state index is 15.2. The second kappa shape index (κ2) is 12.2. The van der Waals surface area contributed by atoms with Gasteiger partial charge in [-0.15, -0.1) is 0 Å². The monoisotopic (exact) mass is 654 g/mol. The van der Waals surface area contributed by atoms with E-state index < -0.39 is 52.8 Å². The van der Waals surface area contributed by atoms with Crippen LogP contribution in [0.5, 0.6) is 0 Å². The van der Waals surface area contributed by atoms with Crippen molar-refractivity contribution in [2.75, 3.05) is 26.2 Å². The predicted molar refractivity (Wildman–Crippen MR) is 166 cm³/mol. The summed E-state index contributed by atoms with van der Waals surface area (Å²) in [6, 6.07) is 12.7. The smallest absolute Gasteiger partial charge is 0.272 e. The highest BCUT2D eigenvalue weighted by Crippen LogP contribution is 2.31. The average Bonchev–Trinajstić information content (AvgIpc) is 3.32. The molecule has 4 heterocycles. The molecule has 1 atom stereocenters. The van der Waals surface area contributed by atoms with Crippen LogP contribution < -0.4 is 10.9 Å². The van der Waals surface area contributed by atoms with Gasteiger partial charge >= 0.3 is 0 Å². The molecule has 2 N–H and O–H groups in total. The fourth-order valence-electron chi connectivity index (χ4n) is 6.58. The number of aromatic nitrogens is 2. The number of piperazine rings is 1. The number of carbonyl (C=O) groups excluding carboxylic acids is 5. The SMILES string of the molecule is O=C1CCC(N2C(=O)c3cc(CN4CCN(C(=O)c5cc(Cc6n[nH]c(=O)c7ccccc67)ccc5F)CC4)cc(F)c3C2=O)C(=O)N1. The molecular formula is C34H28F2N6O6. The Kier molecular flexibility index (Phi) is 7.87. The molecule has 0 saturated carbocycles. The Bertz CT molecular complexity index is 2110. The molecule has 7 rings (SSSR count). The number of amides is 5. The van der Waals surface area contributed by atoms with Gasteiger partial charge in [-0.2, -0.15) is 5.10 Å². The van der Waals surface area contributed by atoms with Crippen LogP contribution in [-0.2, 0) is 22.6 Å². The van der Waals surface area contributed by atoms with Gasteiger partial charge in [0.25, 0.3) is 23.3 Å². The van der Waals surface area contributed by atoms with E-state index in [1.807, 2.05) is 4.90 Å². The van der Waals surface area contributed by atoms with E-state index in [0.29, 0.717) is 40.7 Å². The van der Waals surface area contributed by atoms with Crippen LogP contribution in [0, 0.1) is 11.6 Å². The van der Waals surface area contributed by atoms with Crippen LogP contribution in [0.1, 0.15) is 60.7 Å². The maximum Gasteiger partial charge on any atom is 0.272 e. The Labute approximate surface area is 271 Å². The van der Waals surface area contributed by atoms with Crippen molar-refractivity contribution in [3.63, 3.8) is 0 Å². The number of piperidine rings is 1. The van der Waals surface area contributed by atoms with E-state index in [9.17, 15) is 33.2 Å². The number of halogens is 2. The molecule has 1 unspecified atom stereocenters. The summed E-state index contributed by atoms with van der Waals surface area (Å²) in [6.07, 6.45) is 0.184. The van der Waals surface area contributed by atoms with E-state index in [2.05, 4.69) is 15.5 Å². The lowest BCUT2D eigenvalue weighted by atomic mass is 10.0. The van der Waals surface area contributed by atoms with Gasteiger partial charge in [0, 0.05) is 51.0 Å². The van der Waals surface area contributed by atoms with Crippen molar-refractivity contribution in [3.8, 4) is 0 Å². The van der Waals surface area contributed by atoms with Gasteiger partial charge in [-0.1, -0.05) is 24.3 Å². The average molecular weight is 655 g/mol. The van der Waals surface area contributed by atoms with Crippen LogP contribution in [0.4, 0.5) is 8.78 Å². The van der Waals surface area contributed by atoms with Gasteiger partial charge in [0.1, 0.15) is 17.7 Å². The lowest BCUT2D eigenvalue weighted by molar-refractivity contribution is -0.136. The Morgan fingerprint density at radius 3 is 2.35 bits per heavy atom. The molecule has 0 bridgehead atoms. The summed E-state index contributed by atoms with van der Waals surface area (Å²) in [5.41, 5.74) is 0.711. The Morgan fingerprint density at radius 1 is 0.854 bits per heavy atom. The molecule has 48 heavy (non-hydrogen) atoms. The number of nitrogens with one attached hydrogen (secondary N) is 2. The quantitative estimate of drug-likeness (QED) is 0.300. The zero-order valence-corrected chi connectivity index (χ0v) is 25.4. The minimum absolute atomic E-state index is 0.0364. The van der Waals surface area contributed by atoms with Crippen molar-refractivity contribution in [1.29, 1.82) is 0 Å². The first-order valence-electron chi connectivity index (χ1n) is 15.4. The molecule has 14 heteroatoms. The van der Waals surface area contributed by atoms with E-state index in [4.69, 9.17) is 0 Å². The van der Waals surface area contributed by atoms with Gasteiger partial charge in [-0.05, 0) is 47.9 Å². The van der Waals surface area contributed by atoms with Gasteiger partial charge in [0.2, 0.25) is 11.8 Å². The highest BCUT2D eigenvalue weighted by atomic mass is 19.1. The van der Waals surface area contributed by atoms with Gasteiger partial charge in [-0.3, -0.25) is 43.9 Å². The van der Waals surface area contributed by atoms with Gasteiger partial charge in [0.05, 0.1) is 27.8 Å². The molecule has 3 aliphatic heterocycles. The van der Waals surface area contributed by atoms with Crippen LogP contribution in [-0.4, -0.2) is 86.7 Å². The van der Waals surface area contributed by atoms with Crippen LogP contribution in [0.15, 0.2) is 59.4 Å². The van der Waals surface area contributed by atoms with Gasteiger partial charge in [0.15, 0.2) is 0 Å². The van der Waals surface area contributed by atoms with Crippen molar-refractivity contribution < 1.29 is 32.8 Å². The zero-order valence-electron chi connectivity index (χ0n) is 25.4. The Balaban J connectivity index is 1.01. The molecule has 2 saturated heterocycles. The fraction of sp³-hybridized carbons (Fsp3) is 0.265. The summed E-state index contributed by atoms with van der Waals surface area (Å²) in [6.45, 7) is 1.52. The molecule has 0 spiro atoms. The normalized spacial score (nSPS) is 18.4. The van der Waals surface area contributed by atoms with Gasteiger partial charge < -0.3 is 4.90 Å². The molecule has 0 radical (unpaired) electrons. The Morgan fingerprint density at radius 2 is 1.60 bits per heavy atom. The summed E-state index contributed by atoms with van der Waals surface area (Å²) >= 11 is 0. The number of hydrogen-bond acceptors (Lipinski definition) is 8. The number of fused-ring (bicyclic) bond motifs is 2. The van der Waals surface area contributed by atoms with E-state index in [1.54, 1.807) is 30.3 Å². The highest BCUT2D eigenvalue weighted by molar-refractivity contribution is 6.23. The molecule has 3 aliphatic rings. The number of carbonyl (C=O) groups is 5. The van der Waals surface area contributed by atoms with Crippen molar-refractivity contribution in [2.45, 2.75) is 31.8 Å². The van der Waals surface area contributed by atoms with Crippen molar-refractivity contribution in [2.24, 2.45) is 0 Å². The van der Waals surface area contributed by atoms with Crippen LogP contribution in [0.25, 0.3) is 10.8 Å². The molecule has 12 nitrogen and oxygen atoms in total. The highest BCUT2D eigenvalue weighted by Gasteiger charge is 2.46. The topological polar surface area (TPSA) is 153 Å². The molecule has 5 amide bonds. The van der Waals surface area contributed by atoms with Crippen molar-refractivity contribution >= 4 is 40.3 Å². The summed E-state index contributed by atoms with van der Waals surface area (Å²) < 4.78 is 30.1. The predicted octanol–water partition coefficient (Wildman–Crippen LogP) is 2.15. The molecule has 0 aliphatic carbocycles. The second-order valence-corrected chi connectivity index (χ2v) is 12.1. The third-order valence-electron chi connectivity index (χ3n) is 9.03. The fourth-order valence-corrected chi connectivity index (χ4v) is 6.58. The number of nitrogens with zero attached hydrogens (tertiary/aromatic N) is 4. The number of aromatic amines is 1. The number of imide groups is 2. The third-order valence-corrected chi connectivity index (χ3v) is 9.03. The van der Waals surface area contributed by atoms with E-state index in [1.165, 1.54) is 29.2 Å². The molecule has 1 aromatic heterocycles. The maximum atomic E-state index is 15.2.